The Hall–Kier alpha value is -2.85. The molecule has 1 unspecified atom stereocenters. The third-order valence-corrected chi connectivity index (χ3v) is 5.43. The van der Waals surface area contributed by atoms with Crippen LogP contribution in [-0.4, -0.2) is 24.0 Å². The Morgan fingerprint density at radius 1 is 1.19 bits per heavy atom. The van der Waals surface area contributed by atoms with Gasteiger partial charge >= 0.3 is 0 Å². The molecule has 0 aliphatic carbocycles. The Balaban J connectivity index is 1.69. The topological polar surface area (TPSA) is 56.9 Å². The lowest BCUT2D eigenvalue weighted by atomic mass is 9.74. The van der Waals surface area contributed by atoms with E-state index in [-0.39, 0.29) is 11.3 Å². The number of amides is 1. The van der Waals surface area contributed by atoms with Gasteiger partial charge in [-0.1, -0.05) is 43.0 Å². The van der Waals surface area contributed by atoms with Gasteiger partial charge in [0.25, 0.3) is 5.91 Å². The smallest absolute Gasteiger partial charge is 0.271 e. The monoisotopic (exact) mass is 359 g/mol. The number of hydrogen-bond acceptors (Lipinski definition) is 2. The summed E-state index contributed by atoms with van der Waals surface area (Å²) < 4.78 is 0. The summed E-state index contributed by atoms with van der Waals surface area (Å²) in [5, 5.41) is 7.37. The van der Waals surface area contributed by atoms with Crippen molar-refractivity contribution in [3.63, 3.8) is 0 Å². The molecule has 3 N–H and O–H groups in total. The third-order valence-electron chi connectivity index (χ3n) is 5.43. The number of rotatable bonds is 5. The van der Waals surface area contributed by atoms with Gasteiger partial charge in [-0.25, -0.2) is 0 Å². The molecule has 0 spiro atoms. The van der Waals surface area contributed by atoms with Crippen LogP contribution in [0.3, 0.4) is 0 Å². The Labute approximate surface area is 159 Å². The molecular weight excluding hydrogens is 334 g/mol. The Kier molecular flexibility index (Phi) is 4.58. The molecule has 2 aromatic carbocycles. The van der Waals surface area contributed by atoms with E-state index in [0.717, 1.165) is 36.8 Å². The van der Waals surface area contributed by atoms with Crippen molar-refractivity contribution in [2.75, 3.05) is 13.1 Å². The van der Waals surface area contributed by atoms with Crippen molar-refractivity contribution in [3.8, 4) is 0 Å². The zero-order valence-corrected chi connectivity index (χ0v) is 15.6. The lowest BCUT2D eigenvalue weighted by Crippen LogP contribution is -2.31. The second-order valence-electron chi connectivity index (χ2n) is 7.59. The number of fused-ring (bicyclic) bond motifs is 1. The van der Waals surface area contributed by atoms with Crippen molar-refractivity contribution in [2.24, 2.45) is 0 Å². The highest BCUT2D eigenvalue weighted by Gasteiger charge is 2.35. The summed E-state index contributed by atoms with van der Waals surface area (Å²) in [6, 6.07) is 19.1. The summed E-state index contributed by atoms with van der Waals surface area (Å²) in [4.78, 5) is 15.5. The van der Waals surface area contributed by atoms with Crippen LogP contribution in [0.5, 0.6) is 0 Å². The summed E-state index contributed by atoms with van der Waals surface area (Å²) in [5.74, 6) is -0.151. The first-order valence-electron chi connectivity index (χ1n) is 9.41. The number of benzene rings is 2. The minimum atomic E-state index is -0.151. The van der Waals surface area contributed by atoms with Crippen molar-refractivity contribution in [3.05, 3.63) is 83.7 Å². The number of carbonyl (C=O) groups excluding carboxylic acids is 1. The molecule has 1 aliphatic rings. The minimum absolute atomic E-state index is 0.0902. The van der Waals surface area contributed by atoms with Crippen molar-refractivity contribution in [1.82, 2.24) is 15.6 Å². The molecule has 4 heteroatoms. The van der Waals surface area contributed by atoms with Crippen LogP contribution in [0.25, 0.3) is 10.9 Å². The third kappa shape index (κ3) is 3.53. The van der Waals surface area contributed by atoms with E-state index in [2.05, 4.69) is 70.7 Å². The van der Waals surface area contributed by atoms with E-state index in [1.165, 1.54) is 11.1 Å². The van der Waals surface area contributed by atoms with Gasteiger partial charge in [0.2, 0.25) is 0 Å². The van der Waals surface area contributed by atoms with Crippen LogP contribution in [0.4, 0.5) is 0 Å². The summed E-state index contributed by atoms with van der Waals surface area (Å²) in [6.07, 6.45) is 2.13. The molecule has 1 amide bonds. The number of aromatic amines is 1. The SMILES string of the molecule is C=C(C)NC(=O)c1cc2cc(C3(Cc4ccccc4)CCNC3)ccc2[nH]1. The van der Waals surface area contributed by atoms with Crippen LogP contribution in [0.1, 0.15) is 35.0 Å². The maximum atomic E-state index is 12.3. The molecule has 0 saturated carbocycles. The van der Waals surface area contributed by atoms with Gasteiger partial charge in [0.05, 0.1) is 0 Å². The molecule has 138 valence electrons. The average Bonchev–Trinajstić information content (AvgIpc) is 3.29. The fraction of sp³-hybridized carbons (Fsp3) is 0.261. The van der Waals surface area contributed by atoms with Crippen LogP contribution in [-0.2, 0) is 11.8 Å². The molecule has 27 heavy (non-hydrogen) atoms. The second kappa shape index (κ2) is 7.05. The number of aromatic nitrogens is 1. The molecule has 1 atom stereocenters. The summed E-state index contributed by atoms with van der Waals surface area (Å²) >= 11 is 0. The first-order valence-corrected chi connectivity index (χ1v) is 9.41. The van der Waals surface area contributed by atoms with Crippen LogP contribution in [0, 0.1) is 0 Å². The van der Waals surface area contributed by atoms with Gasteiger partial charge in [0.1, 0.15) is 5.69 Å². The lowest BCUT2D eigenvalue weighted by molar-refractivity contribution is 0.0962. The summed E-state index contributed by atoms with van der Waals surface area (Å²) in [7, 11) is 0. The summed E-state index contributed by atoms with van der Waals surface area (Å²) in [6.45, 7) is 7.52. The largest absolute Gasteiger partial charge is 0.351 e. The van der Waals surface area contributed by atoms with E-state index in [4.69, 9.17) is 0 Å². The van der Waals surface area contributed by atoms with Crippen LogP contribution in [0.2, 0.25) is 0 Å². The van der Waals surface area contributed by atoms with Crippen molar-refractivity contribution >= 4 is 16.8 Å². The quantitative estimate of drug-likeness (QED) is 0.647. The molecule has 4 rings (SSSR count). The van der Waals surface area contributed by atoms with Gasteiger partial charge in [0, 0.05) is 28.6 Å². The zero-order valence-electron chi connectivity index (χ0n) is 15.6. The standard InChI is InChI=1S/C23H25N3O/c1-16(2)25-22(27)21-13-18-12-19(8-9-20(18)26-21)23(10-11-24-15-23)14-17-6-4-3-5-7-17/h3-9,12-13,24,26H,1,10-11,14-15H2,2H3,(H,25,27). The minimum Gasteiger partial charge on any atom is -0.351 e. The van der Waals surface area contributed by atoms with Crippen molar-refractivity contribution in [1.29, 1.82) is 0 Å². The van der Waals surface area contributed by atoms with Crippen molar-refractivity contribution < 1.29 is 4.79 Å². The fourth-order valence-corrected chi connectivity index (χ4v) is 4.08. The second-order valence-corrected chi connectivity index (χ2v) is 7.59. The molecule has 1 aromatic heterocycles. The van der Waals surface area contributed by atoms with E-state index in [1.54, 1.807) is 6.92 Å². The zero-order chi connectivity index (χ0) is 18.9. The highest BCUT2D eigenvalue weighted by Crippen LogP contribution is 2.36. The molecule has 1 fully saturated rings. The highest BCUT2D eigenvalue weighted by molar-refractivity contribution is 5.98. The molecule has 0 radical (unpaired) electrons. The fourth-order valence-electron chi connectivity index (χ4n) is 4.08. The van der Waals surface area contributed by atoms with E-state index in [9.17, 15) is 4.79 Å². The van der Waals surface area contributed by atoms with Gasteiger partial charge in [0.15, 0.2) is 0 Å². The van der Waals surface area contributed by atoms with Crippen LogP contribution >= 0.6 is 0 Å². The molecule has 2 heterocycles. The van der Waals surface area contributed by atoms with E-state index >= 15 is 0 Å². The lowest BCUT2D eigenvalue weighted by Gasteiger charge is -2.29. The van der Waals surface area contributed by atoms with Gasteiger partial charge in [-0.3, -0.25) is 4.79 Å². The first kappa shape index (κ1) is 17.6. The van der Waals surface area contributed by atoms with E-state index in [0.29, 0.717) is 11.4 Å². The first-order chi connectivity index (χ1) is 13.1. The molecular formula is C23H25N3O. The number of hydrogen-bond donors (Lipinski definition) is 3. The Morgan fingerprint density at radius 2 is 2.00 bits per heavy atom. The highest BCUT2D eigenvalue weighted by atomic mass is 16.1. The average molecular weight is 359 g/mol. The van der Waals surface area contributed by atoms with Crippen LogP contribution in [0.15, 0.2) is 66.9 Å². The predicted molar refractivity (Wildman–Crippen MR) is 110 cm³/mol. The molecule has 1 aliphatic heterocycles. The number of H-pyrrole nitrogens is 1. The van der Waals surface area contributed by atoms with Gasteiger partial charge < -0.3 is 15.6 Å². The predicted octanol–water partition coefficient (Wildman–Crippen LogP) is 3.91. The Bertz CT molecular complexity index is 981. The molecule has 3 aromatic rings. The molecule has 0 bridgehead atoms. The van der Waals surface area contributed by atoms with Crippen LogP contribution < -0.4 is 10.6 Å². The van der Waals surface area contributed by atoms with E-state index in [1.807, 2.05) is 6.07 Å². The normalized spacial score (nSPS) is 19.3. The Morgan fingerprint density at radius 3 is 2.70 bits per heavy atom. The van der Waals surface area contributed by atoms with Gasteiger partial charge in [-0.05, 0) is 55.6 Å². The maximum Gasteiger partial charge on any atom is 0.271 e. The van der Waals surface area contributed by atoms with Gasteiger partial charge in [-0.15, -0.1) is 0 Å². The number of carbonyl (C=O) groups is 1. The molecule has 4 nitrogen and oxygen atoms in total. The summed E-state index contributed by atoms with van der Waals surface area (Å²) in [5.41, 5.74) is 4.95. The number of nitrogens with one attached hydrogen (secondary N) is 3. The number of allylic oxidation sites excluding steroid dienone is 1. The van der Waals surface area contributed by atoms with E-state index < -0.39 is 0 Å². The van der Waals surface area contributed by atoms with Gasteiger partial charge in [-0.2, -0.15) is 0 Å². The molecule has 1 saturated heterocycles. The maximum absolute atomic E-state index is 12.3. The van der Waals surface area contributed by atoms with Crippen molar-refractivity contribution in [2.45, 2.75) is 25.2 Å².